The summed E-state index contributed by atoms with van der Waals surface area (Å²) in [4.78, 5) is 14.7. The molecule has 0 atom stereocenters. The second-order valence-electron chi connectivity index (χ2n) is 5.93. The van der Waals surface area contributed by atoms with Crippen molar-refractivity contribution in [1.82, 2.24) is 0 Å². The van der Waals surface area contributed by atoms with Gasteiger partial charge in [0.05, 0.1) is 10.6 Å². The van der Waals surface area contributed by atoms with Crippen molar-refractivity contribution in [2.24, 2.45) is 4.99 Å². The normalized spacial score (nSPS) is 12.2. The molecule has 1 aliphatic rings. The first-order chi connectivity index (χ1) is 12.1. The summed E-state index contributed by atoms with van der Waals surface area (Å²) >= 11 is 0. The van der Waals surface area contributed by atoms with E-state index in [2.05, 4.69) is 23.2 Å². The first kappa shape index (κ1) is 15.1. The fraction of sp³-hybridized carbons (Fsp3) is 0.0500. The van der Waals surface area contributed by atoms with Gasteiger partial charge in [-0.1, -0.05) is 30.3 Å². The number of rotatable bonds is 3. The van der Waals surface area contributed by atoms with Crippen LogP contribution in [-0.4, -0.2) is 16.2 Å². The van der Waals surface area contributed by atoms with Crippen LogP contribution in [0, 0.1) is 10.1 Å². The molecule has 122 valence electrons. The van der Waals surface area contributed by atoms with Crippen molar-refractivity contribution in [3.05, 3.63) is 87.5 Å². The lowest BCUT2D eigenvalue weighted by Gasteiger charge is -2.03. The molecule has 0 heterocycles. The summed E-state index contributed by atoms with van der Waals surface area (Å²) in [5, 5.41) is 20.7. The molecule has 1 N–H and O–H groups in total. The summed E-state index contributed by atoms with van der Waals surface area (Å²) in [7, 11) is 0. The maximum Gasteiger partial charge on any atom is 0.270 e. The molecular weight excluding hydrogens is 316 g/mol. The van der Waals surface area contributed by atoms with Crippen LogP contribution in [0.15, 0.2) is 65.7 Å². The first-order valence-electron chi connectivity index (χ1n) is 7.84. The molecule has 0 bridgehead atoms. The standard InChI is InChI=1S/C20H14N2O3/c23-20-8-7-17(22(24)25)10-15(20)12-21-16-6-5-14-9-13-3-1-2-4-18(13)19(14)11-16/h1-8,10-12,23H,9H2. The van der Waals surface area contributed by atoms with E-state index in [1.807, 2.05) is 24.3 Å². The van der Waals surface area contributed by atoms with E-state index in [4.69, 9.17) is 0 Å². The number of phenolic OH excluding ortho intramolecular Hbond substituents is 1. The van der Waals surface area contributed by atoms with Gasteiger partial charge in [0.1, 0.15) is 5.75 Å². The molecule has 4 rings (SSSR count). The van der Waals surface area contributed by atoms with Crippen LogP contribution in [-0.2, 0) is 6.42 Å². The third-order valence-corrected chi connectivity index (χ3v) is 4.36. The average molecular weight is 330 g/mol. The summed E-state index contributed by atoms with van der Waals surface area (Å²) in [6.45, 7) is 0. The molecule has 0 saturated heterocycles. The molecule has 0 radical (unpaired) electrons. The summed E-state index contributed by atoms with van der Waals surface area (Å²) in [5.74, 6) is -0.0409. The SMILES string of the molecule is O=[N+]([O-])c1ccc(O)c(C=Nc2ccc3c(c2)-c2ccccc2C3)c1. The molecule has 0 unspecified atom stereocenters. The zero-order chi connectivity index (χ0) is 17.4. The summed E-state index contributed by atoms with van der Waals surface area (Å²) in [6.07, 6.45) is 2.37. The fourth-order valence-corrected chi connectivity index (χ4v) is 3.09. The minimum atomic E-state index is -0.497. The van der Waals surface area contributed by atoms with Gasteiger partial charge in [0.15, 0.2) is 0 Å². The second kappa shape index (κ2) is 5.87. The van der Waals surface area contributed by atoms with Crippen LogP contribution >= 0.6 is 0 Å². The molecule has 5 heteroatoms. The molecule has 0 aromatic heterocycles. The number of nitrogens with zero attached hydrogens (tertiary/aromatic N) is 2. The van der Waals surface area contributed by atoms with Crippen molar-refractivity contribution in [1.29, 1.82) is 0 Å². The number of fused-ring (bicyclic) bond motifs is 3. The van der Waals surface area contributed by atoms with Gasteiger partial charge >= 0.3 is 0 Å². The Labute approximate surface area is 144 Å². The van der Waals surface area contributed by atoms with E-state index in [0.29, 0.717) is 5.56 Å². The Morgan fingerprint density at radius 1 is 1.00 bits per heavy atom. The van der Waals surface area contributed by atoms with Gasteiger partial charge in [-0.2, -0.15) is 0 Å². The van der Waals surface area contributed by atoms with Crippen molar-refractivity contribution >= 4 is 17.6 Å². The summed E-state index contributed by atoms with van der Waals surface area (Å²) in [5.41, 5.74) is 5.91. The number of hydrogen-bond donors (Lipinski definition) is 1. The summed E-state index contributed by atoms with van der Waals surface area (Å²) in [6, 6.07) is 18.1. The van der Waals surface area contributed by atoms with Gasteiger partial charge in [-0.3, -0.25) is 15.1 Å². The number of phenols is 1. The lowest BCUT2D eigenvalue weighted by molar-refractivity contribution is -0.384. The average Bonchev–Trinajstić information content (AvgIpc) is 2.99. The molecule has 3 aromatic carbocycles. The molecule has 5 nitrogen and oxygen atoms in total. The molecule has 0 spiro atoms. The maximum atomic E-state index is 10.9. The lowest BCUT2D eigenvalue weighted by atomic mass is 10.1. The van der Waals surface area contributed by atoms with Gasteiger partial charge in [0, 0.05) is 23.9 Å². The van der Waals surface area contributed by atoms with Gasteiger partial charge in [-0.15, -0.1) is 0 Å². The third kappa shape index (κ3) is 2.76. The number of aliphatic imine (C=N–C) groups is 1. The monoisotopic (exact) mass is 330 g/mol. The molecular formula is C20H14N2O3. The molecule has 25 heavy (non-hydrogen) atoms. The number of hydrogen-bond acceptors (Lipinski definition) is 4. The zero-order valence-corrected chi connectivity index (χ0v) is 13.2. The van der Waals surface area contributed by atoms with Crippen LogP contribution in [0.5, 0.6) is 5.75 Å². The van der Waals surface area contributed by atoms with Gasteiger partial charge in [-0.25, -0.2) is 0 Å². The van der Waals surface area contributed by atoms with Gasteiger partial charge in [0.25, 0.3) is 5.69 Å². The molecule has 3 aromatic rings. The highest BCUT2D eigenvalue weighted by atomic mass is 16.6. The molecule has 0 saturated carbocycles. The highest BCUT2D eigenvalue weighted by molar-refractivity contribution is 5.87. The molecule has 0 aliphatic heterocycles. The van der Waals surface area contributed by atoms with Crippen molar-refractivity contribution in [3.63, 3.8) is 0 Å². The van der Waals surface area contributed by atoms with E-state index >= 15 is 0 Å². The molecule has 1 aliphatic carbocycles. The minimum Gasteiger partial charge on any atom is -0.507 e. The number of nitro benzene ring substituents is 1. The van der Waals surface area contributed by atoms with E-state index in [-0.39, 0.29) is 11.4 Å². The first-order valence-corrected chi connectivity index (χ1v) is 7.84. The molecule has 0 fully saturated rings. The zero-order valence-electron chi connectivity index (χ0n) is 13.2. The minimum absolute atomic E-state index is 0.0409. The van der Waals surface area contributed by atoms with Crippen LogP contribution < -0.4 is 0 Å². The Hall–Kier alpha value is -3.47. The second-order valence-corrected chi connectivity index (χ2v) is 5.93. The quantitative estimate of drug-likeness (QED) is 0.338. The highest BCUT2D eigenvalue weighted by Crippen LogP contribution is 2.38. The number of non-ortho nitro benzene ring substituents is 1. The van der Waals surface area contributed by atoms with Crippen LogP contribution in [0.25, 0.3) is 11.1 Å². The van der Waals surface area contributed by atoms with Gasteiger partial charge in [0.2, 0.25) is 0 Å². The van der Waals surface area contributed by atoms with Crippen molar-refractivity contribution < 1.29 is 10.0 Å². The Morgan fingerprint density at radius 2 is 1.80 bits per heavy atom. The van der Waals surface area contributed by atoms with Crippen LogP contribution in [0.2, 0.25) is 0 Å². The fourth-order valence-electron chi connectivity index (χ4n) is 3.09. The van der Waals surface area contributed by atoms with Crippen LogP contribution in [0.3, 0.4) is 0 Å². The van der Waals surface area contributed by atoms with E-state index in [1.165, 1.54) is 41.1 Å². The largest absolute Gasteiger partial charge is 0.507 e. The van der Waals surface area contributed by atoms with Crippen molar-refractivity contribution in [3.8, 4) is 16.9 Å². The van der Waals surface area contributed by atoms with Gasteiger partial charge in [-0.05, 0) is 46.9 Å². The number of aromatic hydroxyl groups is 1. The van der Waals surface area contributed by atoms with E-state index in [9.17, 15) is 15.2 Å². The third-order valence-electron chi connectivity index (χ3n) is 4.36. The van der Waals surface area contributed by atoms with Crippen molar-refractivity contribution in [2.75, 3.05) is 0 Å². The van der Waals surface area contributed by atoms with E-state index in [1.54, 1.807) is 0 Å². The highest BCUT2D eigenvalue weighted by Gasteiger charge is 2.17. The molecule has 0 amide bonds. The lowest BCUT2D eigenvalue weighted by Crippen LogP contribution is -1.90. The number of benzene rings is 3. The Morgan fingerprint density at radius 3 is 2.64 bits per heavy atom. The predicted molar refractivity (Wildman–Crippen MR) is 96.7 cm³/mol. The van der Waals surface area contributed by atoms with E-state index < -0.39 is 4.92 Å². The Balaban J connectivity index is 1.68. The summed E-state index contributed by atoms with van der Waals surface area (Å²) < 4.78 is 0. The topological polar surface area (TPSA) is 75.7 Å². The van der Waals surface area contributed by atoms with Gasteiger partial charge < -0.3 is 5.11 Å². The number of nitro groups is 1. The van der Waals surface area contributed by atoms with Crippen LogP contribution in [0.1, 0.15) is 16.7 Å². The van der Waals surface area contributed by atoms with E-state index in [0.717, 1.165) is 17.7 Å². The Bertz CT molecular complexity index is 1030. The van der Waals surface area contributed by atoms with Crippen LogP contribution in [0.4, 0.5) is 11.4 Å². The maximum absolute atomic E-state index is 10.9. The smallest absolute Gasteiger partial charge is 0.270 e. The Kier molecular flexibility index (Phi) is 3.54. The predicted octanol–water partition coefficient (Wildman–Crippen LogP) is 4.62. The van der Waals surface area contributed by atoms with Crippen molar-refractivity contribution in [2.45, 2.75) is 6.42 Å².